The Hall–Kier alpha value is -2.73. The molecule has 0 aliphatic carbocycles. The predicted molar refractivity (Wildman–Crippen MR) is 131 cm³/mol. The molecule has 1 N–H and O–H groups in total. The van der Waals surface area contributed by atoms with E-state index in [1.54, 1.807) is 19.1 Å². The first-order chi connectivity index (χ1) is 16.3. The Labute approximate surface area is 203 Å². The molecule has 0 saturated carbocycles. The molecule has 1 amide bonds. The fraction of sp³-hybridized carbons (Fsp3) is 0.348. The molecule has 0 radical (unpaired) electrons. The van der Waals surface area contributed by atoms with Gasteiger partial charge in [-0.15, -0.1) is 10.2 Å². The number of aromatic nitrogens is 3. The summed E-state index contributed by atoms with van der Waals surface area (Å²) in [5.74, 6) is 0.518. The van der Waals surface area contributed by atoms with E-state index in [0.29, 0.717) is 37.1 Å². The average Bonchev–Trinajstić information content (AvgIpc) is 3.20. The van der Waals surface area contributed by atoms with Gasteiger partial charge in [-0.05, 0) is 44.2 Å². The van der Waals surface area contributed by atoms with Crippen molar-refractivity contribution in [3.05, 3.63) is 54.1 Å². The summed E-state index contributed by atoms with van der Waals surface area (Å²) in [6.07, 6.45) is 0. The second kappa shape index (κ2) is 10.3. The molecule has 34 heavy (non-hydrogen) atoms. The van der Waals surface area contributed by atoms with E-state index in [4.69, 9.17) is 4.74 Å². The molecule has 1 aromatic heterocycles. The molecule has 9 nitrogen and oxygen atoms in total. The summed E-state index contributed by atoms with van der Waals surface area (Å²) < 4.78 is 34.0. The van der Waals surface area contributed by atoms with Crippen molar-refractivity contribution in [3.63, 3.8) is 0 Å². The Morgan fingerprint density at radius 1 is 1.12 bits per heavy atom. The number of nitrogens with zero attached hydrogens (tertiary/aromatic N) is 4. The molecule has 1 aliphatic heterocycles. The zero-order valence-corrected chi connectivity index (χ0v) is 20.9. The van der Waals surface area contributed by atoms with E-state index in [9.17, 15) is 13.2 Å². The van der Waals surface area contributed by atoms with E-state index in [1.807, 2.05) is 42.8 Å². The number of carbonyl (C=O) groups is 1. The lowest BCUT2D eigenvalue weighted by Crippen LogP contribution is -2.40. The highest BCUT2D eigenvalue weighted by molar-refractivity contribution is 8.00. The van der Waals surface area contributed by atoms with Gasteiger partial charge in [0.05, 0.1) is 23.4 Å². The van der Waals surface area contributed by atoms with Gasteiger partial charge in [-0.1, -0.05) is 35.5 Å². The van der Waals surface area contributed by atoms with Crippen LogP contribution in [0.3, 0.4) is 0 Å². The second-order valence-corrected chi connectivity index (χ2v) is 11.3. The van der Waals surface area contributed by atoms with Crippen molar-refractivity contribution >= 4 is 33.4 Å². The van der Waals surface area contributed by atoms with Crippen LogP contribution in [0.4, 0.5) is 5.69 Å². The van der Waals surface area contributed by atoms with Crippen molar-refractivity contribution < 1.29 is 17.9 Å². The summed E-state index contributed by atoms with van der Waals surface area (Å²) in [5.41, 5.74) is 2.62. The topological polar surface area (TPSA) is 106 Å². The fourth-order valence-corrected chi connectivity index (χ4v) is 5.78. The lowest BCUT2D eigenvalue weighted by Gasteiger charge is -2.26. The Kier molecular flexibility index (Phi) is 7.36. The lowest BCUT2D eigenvalue weighted by atomic mass is 10.1. The van der Waals surface area contributed by atoms with Gasteiger partial charge in [-0.3, -0.25) is 4.79 Å². The monoisotopic (exact) mass is 501 g/mol. The van der Waals surface area contributed by atoms with Gasteiger partial charge in [0.25, 0.3) is 0 Å². The Balaban J connectivity index is 1.39. The number of benzene rings is 2. The molecule has 2 aromatic carbocycles. The highest BCUT2D eigenvalue weighted by Gasteiger charge is 2.26. The van der Waals surface area contributed by atoms with Gasteiger partial charge >= 0.3 is 0 Å². The highest BCUT2D eigenvalue weighted by atomic mass is 32.2. The molecular formula is C23H27N5O4S2. The van der Waals surface area contributed by atoms with Crippen LogP contribution in [0.5, 0.6) is 0 Å². The van der Waals surface area contributed by atoms with Crippen LogP contribution >= 0.6 is 11.8 Å². The van der Waals surface area contributed by atoms with Gasteiger partial charge in [0.15, 0.2) is 11.0 Å². The first kappa shape index (κ1) is 24.4. The van der Waals surface area contributed by atoms with Crippen LogP contribution in [-0.4, -0.2) is 64.9 Å². The molecular weight excluding hydrogens is 474 g/mol. The normalized spacial score (nSPS) is 15.7. The number of rotatable bonds is 7. The maximum atomic E-state index is 12.8. The number of aryl methyl sites for hydroxylation is 1. The third kappa shape index (κ3) is 5.33. The minimum absolute atomic E-state index is 0.192. The van der Waals surface area contributed by atoms with E-state index in [-0.39, 0.29) is 10.8 Å². The first-order valence-electron chi connectivity index (χ1n) is 10.9. The third-order valence-electron chi connectivity index (χ3n) is 5.49. The van der Waals surface area contributed by atoms with E-state index in [1.165, 1.54) is 28.2 Å². The molecule has 180 valence electrons. The van der Waals surface area contributed by atoms with Crippen molar-refractivity contribution in [1.29, 1.82) is 0 Å². The molecule has 1 atom stereocenters. The number of hydrogen-bond acceptors (Lipinski definition) is 7. The van der Waals surface area contributed by atoms with Crippen molar-refractivity contribution in [2.45, 2.75) is 29.1 Å². The van der Waals surface area contributed by atoms with E-state index < -0.39 is 15.3 Å². The zero-order chi connectivity index (χ0) is 24.3. The summed E-state index contributed by atoms with van der Waals surface area (Å²) in [5, 5.41) is 11.6. The molecule has 1 saturated heterocycles. The summed E-state index contributed by atoms with van der Waals surface area (Å²) >= 11 is 1.31. The summed E-state index contributed by atoms with van der Waals surface area (Å²) in [6.45, 7) is 5.26. The minimum Gasteiger partial charge on any atom is -0.379 e. The Bertz CT molecular complexity index is 1270. The number of thioether (sulfide) groups is 1. The predicted octanol–water partition coefficient (Wildman–Crippen LogP) is 2.93. The molecule has 4 rings (SSSR count). The van der Waals surface area contributed by atoms with Crippen LogP contribution in [-0.2, 0) is 26.6 Å². The van der Waals surface area contributed by atoms with Crippen molar-refractivity contribution in [3.8, 4) is 11.4 Å². The number of ether oxygens (including phenoxy) is 1. The molecule has 11 heteroatoms. The van der Waals surface area contributed by atoms with Crippen LogP contribution in [0.1, 0.15) is 12.5 Å². The number of sulfonamides is 1. The van der Waals surface area contributed by atoms with Crippen molar-refractivity contribution in [2.24, 2.45) is 7.05 Å². The van der Waals surface area contributed by atoms with Crippen molar-refractivity contribution in [2.75, 3.05) is 31.6 Å². The highest BCUT2D eigenvalue weighted by Crippen LogP contribution is 2.27. The molecule has 1 fully saturated rings. The molecule has 0 spiro atoms. The average molecular weight is 502 g/mol. The number of nitrogens with one attached hydrogen (secondary N) is 1. The standard InChI is InChI=1S/C23H27N5O4S2/c1-16-5-4-6-18(15-16)21-25-26-23(27(21)3)33-17(2)22(29)24-19-7-9-20(10-8-19)34(30,31)28-11-13-32-14-12-28/h4-10,15,17H,11-14H2,1-3H3,(H,24,29)/t17-/m0/s1. The molecule has 0 unspecified atom stereocenters. The van der Waals surface area contributed by atoms with Crippen LogP contribution in [0, 0.1) is 6.92 Å². The number of hydrogen-bond donors (Lipinski definition) is 1. The number of amides is 1. The van der Waals surface area contributed by atoms with Crippen LogP contribution in [0.25, 0.3) is 11.4 Å². The van der Waals surface area contributed by atoms with Gasteiger partial charge in [0.2, 0.25) is 15.9 Å². The van der Waals surface area contributed by atoms with Crippen LogP contribution in [0.2, 0.25) is 0 Å². The van der Waals surface area contributed by atoms with Gasteiger partial charge in [0, 0.05) is 31.4 Å². The van der Waals surface area contributed by atoms with Crippen LogP contribution < -0.4 is 5.32 Å². The smallest absolute Gasteiger partial charge is 0.243 e. The molecule has 1 aliphatic rings. The largest absolute Gasteiger partial charge is 0.379 e. The lowest BCUT2D eigenvalue weighted by molar-refractivity contribution is -0.115. The molecule has 2 heterocycles. The van der Waals surface area contributed by atoms with Crippen molar-refractivity contribution in [1.82, 2.24) is 19.1 Å². The maximum absolute atomic E-state index is 12.8. The quantitative estimate of drug-likeness (QED) is 0.496. The first-order valence-corrected chi connectivity index (χ1v) is 13.2. The zero-order valence-electron chi connectivity index (χ0n) is 19.3. The number of carbonyl (C=O) groups excluding carboxylic acids is 1. The number of morpholine rings is 1. The number of anilines is 1. The van der Waals surface area contributed by atoms with Gasteiger partial charge < -0.3 is 14.6 Å². The SMILES string of the molecule is Cc1cccc(-c2nnc(S[C@@H](C)C(=O)Nc3ccc(S(=O)(=O)N4CCOCC4)cc3)n2C)c1. The van der Waals surface area contributed by atoms with Gasteiger partial charge in [-0.25, -0.2) is 8.42 Å². The van der Waals surface area contributed by atoms with Gasteiger partial charge in [0.1, 0.15) is 0 Å². The summed E-state index contributed by atoms with van der Waals surface area (Å²) in [6, 6.07) is 14.2. The van der Waals surface area contributed by atoms with Crippen LogP contribution in [0.15, 0.2) is 58.6 Å². The molecule has 3 aromatic rings. The summed E-state index contributed by atoms with van der Waals surface area (Å²) in [7, 11) is -1.70. The Morgan fingerprint density at radius 2 is 1.82 bits per heavy atom. The Morgan fingerprint density at radius 3 is 2.50 bits per heavy atom. The van der Waals surface area contributed by atoms with E-state index in [2.05, 4.69) is 15.5 Å². The maximum Gasteiger partial charge on any atom is 0.243 e. The summed E-state index contributed by atoms with van der Waals surface area (Å²) in [4.78, 5) is 12.9. The van der Waals surface area contributed by atoms with E-state index in [0.717, 1.165) is 17.0 Å². The van der Waals surface area contributed by atoms with E-state index >= 15 is 0 Å². The minimum atomic E-state index is -3.57. The third-order valence-corrected chi connectivity index (χ3v) is 8.54. The van der Waals surface area contributed by atoms with Gasteiger partial charge in [-0.2, -0.15) is 4.31 Å². The fourth-order valence-electron chi connectivity index (χ4n) is 3.55. The second-order valence-electron chi connectivity index (χ2n) is 8.02. The molecule has 0 bridgehead atoms.